The summed E-state index contributed by atoms with van der Waals surface area (Å²) in [7, 11) is 1.22. The number of carbonyl (C=O) groups excluding carboxylic acids is 1. The Balaban J connectivity index is 1.61. The monoisotopic (exact) mass is 421 g/mol. The zero-order valence-electron chi connectivity index (χ0n) is 15.4. The van der Waals surface area contributed by atoms with E-state index in [9.17, 15) is 13.2 Å². The van der Waals surface area contributed by atoms with E-state index in [1.54, 1.807) is 31.3 Å². The number of sulfonamides is 1. The van der Waals surface area contributed by atoms with Crippen molar-refractivity contribution in [3.05, 3.63) is 41.3 Å². The zero-order chi connectivity index (χ0) is 20.3. The molecule has 0 radical (unpaired) electrons. The number of rotatable bonds is 6. The van der Waals surface area contributed by atoms with Crippen LogP contribution in [0.25, 0.3) is 11.4 Å². The highest BCUT2D eigenvalue weighted by Crippen LogP contribution is 2.24. The third kappa shape index (κ3) is 4.35. The van der Waals surface area contributed by atoms with Crippen LogP contribution in [0.1, 0.15) is 4.88 Å². The zero-order valence-corrected chi connectivity index (χ0v) is 17.1. The molecule has 2 aromatic heterocycles. The Morgan fingerprint density at radius 3 is 2.71 bits per heavy atom. The quantitative estimate of drug-likeness (QED) is 0.622. The SMILES string of the molecule is CN(C)S(=O)(=O)c1ccc(CNC(=O)Nc2cccc(-c3nnnn3C)c2)s1. The highest BCUT2D eigenvalue weighted by Gasteiger charge is 2.19. The summed E-state index contributed by atoms with van der Waals surface area (Å²) in [5, 5.41) is 16.8. The van der Waals surface area contributed by atoms with E-state index in [-0.39, 0.29) is 10.8 Å². The molecule has 1 aromatic carbocycles. The van der Waals surface area contributed by atoms with Crippen LogP contribution in [-0.2, 0) is 23.6 Å². The lowest BCUT2D eigenvalue weighted by atomic mass is 10.2. The summed E-state index contributed by atoms with van der Waals surface area (Å²) in [5.74, 6) is 0.581. The summed E-state index contributed by atoms with van der Waals surface area (Å²) in [4.78, 5) is 12.9. The predicted octanol–water partition coefficient (Wildman–Crippen LogP) is 1.51. The number of carbonyl (C=O) groups is 1. The van der Waals surface area contributed by atoms with Crippen LogP contribution in [0.3, 0.4) is 0 Å². The van der Waals surface area contributed by atoms with Crippen LogP contribution in [0, 0.1) is 0 Å². The maximum Gasteiger partial charge on any atom is 0.319 e. The van der Waals surface area contributed by atoms with Gasteiger partial charge in [-0.3, -0.25) is 0 Å². The van der Waals surface area contributed by atoms with Crippen molar-refractivity contribution in [2.45, 2.75) is 10.8 Å². The molecule has 0 fully saturated rings. The number of nitrogens with one attached hydrogen (secondary N) is 2. The van der Waals surface area contributed by atoms with Gasteiger partial charge < -0.3 is 10.6 Å². The van der Waals surface area contributed by atoms with E-state index in [0.717, 1.165) is 26.1 Å². The van der Waals surface area contributed by atoms with Gasteiger partial charge in [-0.2, -0.15) is 0 Å². The first-order chi connectivity index (χ1) is 13.3. The van der Waals surface area contributed by atoms with Crippen LogP contribution >= 0.6 is 11.3 Å². The van der Waals surface area contributed by atoms with Crippen molar-refractivity contribution in [3.63, 3.8) is 0 Å². The van der Waals surface area contributed by atoms with Crippen LogP contribution < -0.4 is 10.6 Å². The van der Waals surface area contributed by atoms with Gasteiger partial charge in [0, 0.05) is 37.3 Å². The van der Waals surface area contributed by atoms with Crippen molar-refractivity contribution >= 4 is 33.1 Å². The van der Waals surface area contributed by atoms with Gasteiger partial charge in [0.25, 0.3) is 10.0 Å². The Morgan fingerprint density at radius 2 is 2.04 bits per heavy atom. The topological polar surface area (TPSA) is 122 Å². The molecule has 0 saturated carbocycles. The van der Waals surface area contributed by atoms with Gasteiger partial charge in [-0.1, -0.05) is 12.1 Å². The number of hydrogen-bond donors (Lipinski definition) is 2. The first kappa shape index (κ1) is 19.9. The average Bonchev–Trinajstić information content (AvgIpc) is 3.29. The molecular weight excluding hydrogens is 402 g/mol. The number of urea groups is 1. The van der Waals surface area contributed by atoms with Gasteiger partial charge in [-0.25, -0.2) is 22.2 Å². The number of aromatic nitrogens is 4. The van der Waals surface area contributed by atoms with Gasteiger partial charge in [-0.15, -0.1) is 16.4 Å². The number of tetrazole rings is 1. The minimum Gasteiger partial charge on any atom is -0.333 e. The highest BCUT2D eigenvalue weighted by molar-refractivity contribution is 7.91. The maximum atomic E-state index is 12.2. The fourth-order valence-corrected chi connectivity index (χ4v) is 4.79. The second kappa shape index (κ2) is 8.04. The third-order valence-corrected chi connectivity index (χ3v) is 7.16. The summed E-state index contributed by atoms with van der Waals surface area (Å²) in [6.45, 7) is 0.215. The molecule has 12 heteroatoms. The lowest BCUT2D eigenvalue weighted by Crippen LogP contribution is -2.27. The third-order valence-electron chi connectivity index (χ3n) is 3.79. The Hall–Kier alpha value is -2.83. The summed E-state index contributed by atoms with van der Waals surface area (Å²) in [6, 6.07) is 9.96. The number of benzene rings is 1. The molecule has 0 aliphatic heterocycles. The van der Waals surface area contributed by atoms with Crippen LogP contribution in [0.15, 0.2) is 40.6 Å². The lowest BCUT2D eigenvalue weighted by molar-refractivity contribution is 0.252. The van der Waals surface area contributed by atoms with E-state index in [1.165, 1.54) is 24.8 Å². The fourth-order valence-electron chi connectivity index (χ4n) is 2.32. The summed E-state index contributed by atoms with van der Waals surface area (Å²) in [6.07, 6.45) is 0. The van der Waals surface area contributed by atoms with Gasteiger partial charge in [0.1, 0.15) is 4.21 Å². The highest BCUT2D eigenvalue weighted by atomic mass is 32.2. The number of hydrogen-bond acceptors (Lipinski definition) is 7. The first-order valence-electron chi connectivity index (χ1n) is 8.16. The summed E-state index contributed by atoms with van der Waals surface area (Å²) in [5.41, 5.74) is 1.35. The molecule has 2 heterocycles. The average molecular weight is 422 g/mol. The number of aryl methyl sites for hydroxylation is 1. The molecule has 0 aliphatic rings. The second-order valence-electron chi connectivity index (χ2n) is 6.02. The van der Waals surface area contributed by atoms with Gasteiger partial charge >= 0.3 is 6.03 Å². The molecule has 2 amide bonds. The normalized spacial score (nSPS) is 11.6. The molecule has 2 N–H and O–H groups in total. The summed E-state index contributed by atoms with van der Waals surface area (Å²) >= 11 is 1.12. The number of nitrogens with zero attached hydrogens (tertiary/aromatic N) is 5. The fraction of sp³-hybridized carbons (Fsp3) is 0.250. The second-order valence-corrected chi connectivity index (χ2v) is 9.57. The van der Waals surface area contributed by atoms with Gasteiger partial charge in [0.05, 0.1) is 6.54 Å². The van der Waals surface area contributed by atoms with Crippen LogP contribution in [0.2, 0.25) is 0 Å². The van der Waals surface area contributed by atoms with E-state index >= 15 is 0 Å². The standard InChI is InChI=1S/C16H19N7O3S2/c1-22(2)28(25,26)14-8-7-13(27-14)10-17-16(24)18-12-6-4-5-11(9-12)15-19-20-21-23(15)3/h4-9H,10H2,1-3H3,(H2,17,18,24). The lowest BCUT2D eigenvalue weighted by Gasteiger charge is -2.09. The molecule has 0 unspecified atom stereocenters. The van der Waals surface area contributed by atoms with Crippen molar-refractivity contribution in [2.24, 2.45) is 7.05 Å². The molecule has 0 aliphatic carbocycles. The van der Waals surface area contributed by atoms with Crippen molar-refractivity contribution in [1.82, 2.24) is 29.8 Å². The van der Waals surface area contributed by atoms with E-state index < -0.39 is 16.1 Å². The van der Waals surface area contributed by atoms with Crippen molar-refractivity contribution in [1.29, 1.82) is 0 Å². The van der Waals surface area contributed by atoms with Crippen LogP contribution in [-0.4, -0.2) is 53.1 Å². The van der Waals surface area contributed by atoms with Crippen molar-refractivity contribution in [3.8, 4) is 11.4 Å². The van der Waals surface area contributed by atoms with Gasteiger partial charge in [-0.05, 0) is 34.7 Å². The largest absolute Gasteiger partial charge is 0.333 e. The molecule has 0 atom stereocenters. The van der Waals surface area contributed by atoms with Crippen molar-refractivity contribution < 1.29 is 13.2 Å². The summed E-state index contributed by atoms with van der Waals surface area (Å²) < 4.78 is 27.1. The molecule has 3 aromatic rings. The van der Waals surface area contributed by atoms with E-state index in [1.807, 2.05) is 6.07 Å². The van der Waals surface area contributed by atoms with E-state index in [2.05, 4.69) is 26.2 Å². The minimum absolute atomic E-state index is 0.215. The Morgan fingerprint density at radius 1 is 1.25 bits per heavy atom. The Labute approximate surface area is 166 Å². The molecular formula is C16H19N7O3S2. The minimum atomic E-state index is -3.47. The molecule has 0 saturated heterocycles. The van der Waals surface area contributed by atoms with Crippen LogP contribution in [0.4, 0.5) is 10.5 Å². The Kier molecular flexibility index (Phi) is 5.72. The van der Waals surface area contributed by atoms with E-state index in [4.69, 9.17) is 0 Å². The molecule has 0 bridgehead atoms. The Bertz CT molecular complexity index is 1090. The van der Waals surface area contributed by atoms with Crippen molar-refractivity contribution in [2.75, 3.05) is 19.4 Å². The molecule has 28 heavy (non-hydrogen) atoms. The maximum absolute atomic E-state index is 12.2. The molecule has 3 rings (SSSR count). The number of anilines is 1. The molecule has 148 valence electrons. The van der Waals surface area contributed by atoms with Gasteiger partial charge in [0.2, 0.25) is 0 Å². The molecule has 10 nitrogen and oxygen atoms in total. The number of amides is 2. The molecule has 0 spiro atoms. The smallest absolute Gasteiger partial charge is 0.319 e. The first-order valence-corrected chi connectivity index (χ1v) is 10.4. The van der Waals surface area contributed by atoms with E-state index in [0.29, 0.717) is 11.5 Å². The number of thiophene rings is 1. The predicted molar refractivity (Wildman–Crippen MR) is 105 cm³/mol. The van der Waals surface area contributed by atoms with Crippen LogP contribution in [0.5, 0.6) is 0 Å². The van der Waals surface area contributed by atoms with Gasteiger partial charge in [0.15, 0.2) is 5.82 Å².